The number of amides is 2. The number of nitrogens with one attached hydrogen (secondary N) is 1. The zero-order chi connectivity index (χ0) is 17.8. The van der Waals surface area contributed by atoms with Gasteiger partial charge >= 0.3 is 0 Å². The van der Waals surface area contributed by atoms with Gasteiger partial charge in [0, 0.05) is 43.1 Å². The van der Waals surface area contributed by atoms with Crippen molar-refractivity contribution in [2.24, 2.45) is 0 Å². The molecule has 1 N–H and O–H groups in total. The number of H-pyrrole nitrogens is 1. The molecule has 0 bridgehead atoms. The van der Waals surface area contributed by atoms with Crippen LogP contribution in [0, 0.1) is 5.82 Å². The maximum absolute atomic E-state index is 13.9. The Hall–Kier alpha value is -2.34. The number of nitrogens with zero attached hydrogens (tertiary/aromatic N) is 2. The largest absolute Gasteiger partial charge is 0.365 e. The van der Waals surface area contributed by atoms with Crippen molar-refractivity contribution in [3.8, 4) is 0 Å². The molecule has 2 amide bonds. The molecule has 0 radical (unpaired) electrons. The van der Waals surface area contributed by atoms with Crippen LogP contribution in [-0.2, 0) is 11.2 Å². The second-order valence-electron chi connectivity index (χ2n) is 6.02. The number of aromatic nitrogens is 1. The highest BCUT2D eigenvalue weighted by molar-refractivity contribution is 6.31. The van der Waals surface area contributed by atoms with Crippen molar-refractivity contribution in [1.29, 1.82) is 0 Å². The molecule has 7 heteroatoms. The lowest BCUT2D eigenvalue weighted by molar-refractivity contribution is -0.130. The molecule has 2 aromatic rings. The lowest BCUT2D eigenvalue weighted by atomic mass is 10.2. The number of aromatic amines is 1. The first kappa shape index (κ1) is 17.5. The fourth-order valence-corrected chi connectivity index (χ4v) is 3.13. The summed E-state index contributed by atoms with van der Waals surface area (Å²) in [5, 5.41) is 0.322. The summed E-state index contributed by atoms with van der Waals surface area (Å²) in [6, 6.07) is 7.67. The first-order valence-electron chi connectivity index (χ1n) is 8.19. The van der Waals surface area contributed by atoms with Gasteiger partial charge in [0.25, 0.3) is 5.91 Å². The van der Waals surface area contributed by atoms with Gasteiger partial charge in [0.2, 0.25) is 5.91 Å². The zero-order valence-corrected chi connectivity index (χ0v) is 14.4. The second kappa shape index (κ2) is 7.70. The molecule has 1 saturated heterocycles. The lowest BCUT2D eigenvalue weighted by Gasteiger charge is -2.22. The van der Waals surface area contributed by atoms with Crippen molar-refractivity contribution in [3.63, 3.8) is 0 Å². The minimum atomic E-state index is -0.585. The average Bonchev–Trinajstić information content (AvgIpc) is 2.97. The quantitative estimate of drug-likeness (QED) is 0.911. The minimum absolute atomic E-state index is 0.0192. The Bertz CT molecular complexity index is 764. The van der Waals surface area contributed by atoms with Gasteiger partial charge in [-0.3, -0.25) is 9.59 Å². The van der Waals surface area contributed by atoms with Crippen LogP contribution in [-0.4, -0.2) is 52.8 Å². The fraction of sp³-hybridized carbons (Fsp3) is 0.333. The van der Waals surface area contributed by atoms with E-state index >= 15 is 0 Å². The molecule has 25 heavy (non-hydrogen) atoms. The summed E-state index contributed by atoms with van der Waals surface area (Å²) in [6.07, 6.45) is 2.75. The fourth-order valence-electron chi connectivity index (χ4n) is 2.95. The molecular weight excluding hydrogens is 345 g/mol. The molecule has 5 nitrogen and oxygen atoms in total. The smallest absolute Gasteiger partial charge is 0.256 e. The van der Waals surface area contributed by atoms with E-state index in [1.165, 1.54) is 18.2 Å². The maximum atomic E-state index is 13.9. The molecule has 0 atom stereocenters. The van der Waals surface area contributed by atoms with Crippen LogP contribution < -0.4 is 0 Å². The molecule has 3 rings (SSSR count). The van der Waals surface area contributed by atoms with E-state index in [4.69, 9.17) is 11.6 Å². The maximum Gasteiger partial charge on any atom is 0.256 e. The Labute approximate surface area is 150 Å². The van der Waals surface area contributed by atoms with Crippen LogP contribution in [0.5, 0.6) is 0 Å². The standard InChI is InChI=1S/C18H19ClFN3O2/c19-13-4-5-16(20)15(11-13)18(25)23-8-2-7-22(9-10-23)17(24)12-14-3-1-6-21-14/h1,3-6,11,21H,2,7-10,12H2. The third-order valence-electron chi connectivity index (χ3n) is 4.30. The molecule has 0 spiro atoms. The Morgan fingerprint density at radius 2 is 1.88 bits per heavy atom. The van der Waals surface area contributed by atoms with Crippen LogP contribution >= 0.6 is 11.6 Å². The molecule has 1 aliphatic heterocycles. The van der Waals surface area contributed by atoms with E-state index in [1.807, 2.05) is 12.1 Å². The van der Waals surface area contributed by atoms with Gasteiger partial charge < -0.3 is 14.8 Å². The lowest BCUT2D eigenvalue weighted by Crippen LogP contribution is -2.38. The molecule has 2 heterocycles. The molecule has 1 aromatic heterocycles. The second-order valence-corrected chi connectivity index (χ2v) is 6.46. The highest BCUT2D eigenvalue weighted by Crippen LogP contribution is 2.18. The van der Waals surface area contributed by atoms with Gasteiger partial charge in [-0.05, 0) is 36.8 Å². The Morgan fingerprint density at radius 1 is 1.12 bits per heavy atom. The van der Waals surface area contributed by atoms with Crippen molar-refractivity contribution >= 4 is 23.4 Å². The van der Waals surface area contributed by atoms with E-state index in [2.05, 4.69) is 4.98 Å². The number of hydrogen-bond acceptors (Lipinski definition) is 2. The van der Waals surface area contributed by atoms with Gasteiger partial charge in [0.15, 0.2) is 0 Å². The molecule has 1 aromatic carbocycles. The summed E-state index contributed by atoms with van der Waals surface area (Å²) in [5.41, 5.74) is 0.835. The van der Waals surface area contributed by atoms with Gasteiger partial charge in [0.05, 0.1) is 12.0 Å². The Morgan fingerprint density at radius 3 is 2.64 bits per heavy atom. The third-order valence-corrected chi connectivity index (χ3v) is 4.53. The Kier molecular flexibility index (Phi) is 5.38. The van der Waals surface area contributed by atoms with E-state index in [0.29, 0.717) is 44.0 Å². The van der Waals surface area contributed by atoms with Crippen molar-refractivity contribution in [2.45, 2.75) is 12.8 Å². The molecule has 0 unspecified atom stereocenters. The van der Waals surface area contributed by atoms with Crippen molar-refractivity contribution in [2.75, 3.05) is 26.2 Å². The minimum Gasteiger partial charge on any atom is -0.365 e. The first-order valence-corrected chi connectivity index (χ1v) is 8.57. The number of rotatable bonds is 3. The molecule has 1 fully saturated rings. The summed E-state index contributed by atoms with van der Waals surface area (Å²) >= 11 is 5.87. The third kappa shape index (κ3) is 4.20. The van der Waals surface area contributed by atoms with E-state index in [-0.39, 0.29) is 11.5 Å². The van der Waals surface area contributed by atoms with Crippen LogP contribution in [0.25, 0.3) is 0 Å². The van der Waals surface area contributed by atoms with Gasteiger partial charge in [0.1, 0.15) is 5.82 Å². The monoisotopic (exact) mass is 363 g/mol. The van der Waals surface area contributed by atoms with Crippen LogP contribution in [0.4, 0.5) is 4.39 Å². The van der Waals surface area contributed by atoms with Crippen LogP contribution in [0.1, 0.15) is 22.5 Å². The summed E-state index contributed by atoms with van der Waals surface area (Å²) in [6.45, 7) is 1.88. The molecule has 0 saturated carbocycles. The number of benzene rings is 1. The number of carbonyl (C=O) groups is 2. The van der Waals surface area contributed by atoms with E-state index < -0.39 is 11.7 Å². The average molecular weight is 364 g/mol. The highest BCUT2D eigenvalue weighted by Gasteiger charge is 2.24. The number of hydrogen-bond donors (Lipinski definition) is 1. The number of halogens is 2. The van der Waals surface area contributed by atoms with Crippen LogP contribution in [0.2, 0.25) is 5.02 Å². The first-order chi connectivity index (χ1) is 12.0. The molecular formula is C18H19ClFN3O2. The van der Waals surface area contributed by atoms with E-state index in [1.54, 1.807) is 16.0 Å². The summed E-state index contributed by atoms with van der Waals surface area (Å²) < 4.78 is 13.9. The molecule has 132 valence electrons. The van der Waals surface area contributed by atoms with Crippen LogP contribution in [0.3, 0.4) is 0 Å². The highest BCUT2D eigenvalue weighted by atomic mass is 35.5. The van der Waals surface area contributed by atoms with Crippen molar-refractivity contribution in [1.82, 2.24) is 14.8 Å². The molecule has 1 aliphatic rings. The van der Waals surface area contributed by atoms with Crippen molar-refractivity contribution in [3.05, 3.63) is 58.6 Å². The van der Waals surface area contributed by atoms with Crippen molar-refractivity contribution < 1.29 is 14.0 Å². The van der Waals surface area contributed by atoms with Gasteiger partial charge in [-0.1, -0.05) is 11.6 Å². The Balaban J connectivity index is 1.64. The number of carbonyl (C=O) groups excluding carboxylic acids is 2. The van der Waals surface area contributed by atoms with E-state index in [9.17, 15) is 14.0 Å². The van der Waals surface area contributed by atoms with Gasteiger partial charge in [-0.25, -0.2) is 4.39 Å². The topological polar surface area (TPSA) is 56.4 Å². The van der Waals surface area contributed by atoms with Crippen LogP contribution in [0.15, 0.2) is 36.5 Å². The summed E-state index contributed by atoms with van der Waals surface area (Å²) in [4.78, 5) is 31.3. The molecule has 0 aliphatic carbocycles. The predicted octanol–water partition coefficient (Wildman–Crippen LogP) is 2.72. The summed E-state index contributed by atoms with van der Waals surface area (Å²) in [7, 11) is 0. The van der Waals surface area contributed by atoms with Gasteiger partial charge in [-0.2, -0.15) is 0 Å². The SMILES string of the molecule is O=C(Cc1ccc[nH]1)N1CCCN(C(=O)c2cc(Cl)ccc2F)CC1. The summed E-state index contributed by atoms with van der Waals surface area (Å²) in [5.74, 6) is -0.956. The normalized spacial score (nSPS) is 15.1. The van der Waals surface area contributed by atoms with E-state index in [0.717, 1.165) is 5.69 Å². The van der Waals surface area contributed by atoms with Gasteiger partial charge in [-0.15, -0.1) is 0 Å². The predicted molar refractivity (Wildman–Crippen MR) is 93.0 cm³/mol. The zero-order valence-electron chi connectivity index (χ0n) is 13.7.